The molecule has 0 spiro atoms. The lowest BCUT2D eigenvalue weighted by Crippen LogP contribution is -2.36. The molecule has 4 aromatic heterocycles. The molecule has 178 valence electrons. The van der Waals surface area contributed by atoms with Crippen LogP contribution in [0, 0.1) is 6.92 Å². The maximum absolute atomic E-state index is 13.7. The van der Waals surface area contributed by atoms with Gasteiger partial charge in [-0.2, -0.15) is 5.10 Å². The van der Waals surface area contributed by atoms with Gasteiger partial charge in [0.2, 0.25) is 5.43 Å². The lowest BCUT2D eigenvalue weighted by atomic mass is 10.1. The summed E-state index contributed by atoms with van der Waals surface area (Å²) in [6.07, 6.45) is 1.87. The number of benzene rings is 1. The van der Waals surface area contributed by atoms with E-state index >= 15 is 0 Å². The lowest BCUT2D eigenvalue weighted by Gasteiger charge is -2.27. The first-order valence-electron chi connectivity index (χ1n) is 11.5. The Kier molecular flexibility index (Phi) is 5.27. The van der Waals surface area contributed by atoms with Crippen LogP contribution in [-0.4, -0.2) is 51.4 Å². The molecule has 1 aliphatic rings. The highest BCUT2D eigenvalue weighted by Crippen LogP contribution is 2.31. The number of hydrogen-bond donors (Lipinski definition) is 1. The average molecular weight is 489 g/mol. The van der Waals surface area contributed by atoms with Gasteiger partial charge >= 0.3 is 0 Å². The Morgan fingerprint density at radius 2 is 1.97 bits per heavy atom. The average Bonchev–Trinajstić information content (AvgIpc) is 3.41. The third kappa shape index (κ3) is 3.65. The van der Waals surface area contributed by atoms with Gasteiger partial charge in [0.25, 0.3) is 5.91 Å². The minimum absolute atomic E-state index is 0.140. The van der Waals surface area contributed by atoms with Gasteiger partial charge in [0.15, 0.2) is 5.65 Å². The number of rotatable bonds is 4. The molecule has 5 aromatic rings. The molecule has 35 heavy (non-hydrogen) atoms. The number of amides is 1. The maximum atomic E-state index is 13.7. The number of para-hydroxylation sites is 1. The summed E-state index contributed by atoms with van der Waals surface area (Å²) in [5.41, 5.74) is 3.06. The number of fused-ring (bicyclic) bond motifs is 5. The molecule has 1 saturated heterocycles. The SMILES string of the molecule is Cc1nn(C)cc1CNC(=O)c1c(=O)c2ccc(N3CCOCC3)nc2n2c1sc1ccccc12. The Hall–Kier alpha value is -3.76. The van der Waals surface area contributed by atoms with Crippen molar-refractivity contribution < 1.29 is 9.53 Å². The van der Waals surface area contributed by atoms with Crippen LogP contribution in [0.1, 0.15) is 21.6 Å². The van der Waals surface area contributed by atoms with Crippen LogP contribution in [-0.2, 0) is 18.3 Å². The van der Waals surface area contributed by atoms with E-state index in [9.17, 15) is 9.59 Å². The zero-order valence-corrected chi connectivity index (χ0v) is 20.3. The molecule has 1 aliphatic heterocycles. The molecule has 0 aliphatic carbocycles. The monoisotopic (exact) mass is 488 g/mol. The number of anilines is 1. The van der Waals surface area contributed by atoms with E-state index < -0.39 is 5.91 Å². The van der Waals surface area contributed by atoms with E-state index in [1.807, 2.05) is 54.9 Å². The van der Waals surface area contributed by atoms with Gasteiger partial charge in [0.05, 0.1) is 34.5 Å². The summed E-state index contributed by atoms with van der Waals surface area (Å²) in [6, 6.07) is 11.5. The molecule has 1 amide bonds. The minimum Gasteiger partial charge on any atom is -0.378 e. The van der Waals surface area contributed by atoms with Crippen molar-refractivity contribution in [1.29, 1.82) is 0 Å². The number of nitrogens with one attached hydrogen (secondary N) is 1. The fourth-order valence-electron chi connectivity index (χ4n) is 4.63. The van der Waals surface area contributed by atoms with Gasteiger partial charge in [-0.25, -0.2) is 4.98 Å². The fourth-order valence-corrected chi connectivity index (χ4v) is 5.82. The molecule has 10 heteroatoms. The molecule has 6 rings (SSSR count). The summed E-state index contributed by atoms with van der Waals surface area (Å²) in [6.45, 7) is 4.97. The summed E-state index contributed by atoms with van der Waals surface area (Å²) in [5.74, 6) is 0.398. The van der Waals surface area contributed by atoms with Crippen LogP contribution < -0.4 is 15.6 Å². The van der Waals surface area contributed by atoms with Crippen molar-refractivity contribution in [3.63, 3.8) is 0 Å². The van der Waals surface area contributed by atoms with E-state index in [1.54, 1.807) is 10.7 Å². The molecule has 1 fully saturated rings. The van der Waals surface area contributed by atoms with E-state index in [4.69, 9.17) is 9.72 Å². The van der Waals surface area contributed by atoms with Crippen LogP contribution in [0.3, 0.4) is 0 Å². The number of nitrogens with zero attached hydrogens (tertiary/aromatic N) is 5. The number of carbonyl (C=O) groups is 1. The van der Waals surface area contributed by atoms with Crippen molar-refractivity contribution >= 4 is 49.1 Å². The summed E-state index contributed by atoms with van der Waals surface area (Å²) in [7, 11) is 1.84. The zero-order valence-electron chi connectivity index (χ0n) is 19.4. The van der Waals surface area contributed by atoms with Crippen LogP contribution in [0.4, 0.5) is 5.82 Å². The molecule has 9 nitrogen and oxygen atoms in total. The first-order chi connectivity index (χ1) is 17.0. The molecule has 0 radical (unpaired) electrons. The second-order valence-corrected chi connectivity index (χ2v) is 9.68. The quantitative estimate of drug-likeness (QED) is 0.418. The molecule has 0 atom stereocenters. The van der Waals surface area contributed by atoms with Crippen LogP contribution in [0.2, 0.25) is 0 Å². The van der Waals surface area contributed by atoms with Crippen LogP contribution >= 0.6 is 11.3 Å². The predicted molar refractivity (Wildman–Crippen MR) is 136 cm³/mol. The molecular formula is C25H24N6O3S. The number of thiazole rings is 1. The van der Waals surface area contributed by atoms with E-state index in [0.717, 1.165) is 40.4 Å². The largest absolute Gasteiger partial charge is 0.378 e. The van der Waals surface area contributed by atoms with E-state index in [-0.39, 0.29) is 11.0 Å². The lowest BCUT2D eigenvalue weighted by molar-refractivity contribution is 0.0951. The Morgan fingerprint density at radius 1 is 1.17 bits per heavy atom. The molecule has 5 heterocycles. The second-order valence-electron chi connectivity index (χ2n) is 8.65. The van der Waals surface area contributed by atoms with Gasteiger partial charge in [-0.05, 0) is 31.2 Å². The standard InChI is InChI=1S/C25H24N6O3S/c1-15-16(14-29(2)28-15)13-26-24(33)21-22(32)17-7-8-20(30-9-11-34-12-10-30)27-23(17)31-18-5-3-4-6-19(18)35-25(21)31/h3-8,14H,9-13H2,1-2H3,(H,26,33). The summed E-state index contributed by atoms with van der Waals surface area (Å²) >= 11 is 1.43. The number of aryl methyl sites for hydroxylation is 2. The van der Waals surface area contributed by atoms with E-state index in [0.29, 0.717) is 35.6 Å². The predicted octanol–water partition coefficient (Wildman–Crippen LogP) is 2.87. The summed E-state index contributed by atoms with van der Waals surface area (Å²) < 4.78 is 10.1. The van der Waals surface area contributed by atoms with Crippen molar-refractivity contribution in [2.24, 2.45) is 7.05 Å². The highest BCUT2D eigenvalue weighted by atomic mass is 32.1. The summed E-state index contributed by atoms with van der Waals surface area (Å²) in [5, 5.41) is 7.68. The minimum atomic E-state index is -0.401. The normalized spacial score (nSPS) is 14.3. The van der Waals surface area contributed by atoms with Crippen LogP contribution in [0.25, 0.3) is 26.1 Å². The highest BCUT2D eigenvalue weighted by Gasteiger charge is 2.24. The van der Waals surface area contributed by atoms with Crippen molar-refractivity contribution in [1.82, 2.24) is 24.5 Å². The van der Waals surface area contributed by atoms with E-state index in [1.165, 1.54) is 11.3 Å². The Balaban J connectivity index is 1.53. The van der Waals surface area contributed by atoms with Gasteiger partial charge in [-0.3, -0.25) is 18.7 Å². The molecule has 0 bridgehead atoms. The van der Waals surface area contributed by atoms with Crippen LogP contribution in [0.5, 0.6) is 0 Å². The first-order valence-corrected chi connectivity index (χ1v) is 12.3. The molecular weight excluding hydrogens is 464 g/mol. The van der Waals surface area contributed by atoms with Crippen molar-refractivity contribution in [3.8, 4) is 0 Å². The first kappa shape index (κ1) is 21.8. The van der Waals surface area contributed by atoms with E-state index in [2.05, 4.69) is 15.3 Å². The number of pyridine rings is 2. The molecule has 0 unspecified atom stereocenters. The summed E-state index contributed by atoms with van der Waals surface area (Å²) in [4.78, 5) is 34.8. The number of hydrogen-bond acceptors (Lipinski definition) is 7. The van der Waals surface area contributed by atoms with Gasteiger partial charge in [-0.15, -0.1) is 11.3 Å². The maximum Gasteiger partial charge on any atom is 0.258 e. The van der Waals surface area contributed by atoms with Gasteiger partial charge in [-0.1, -0.05) is 12.1 Å². The number of aromatic nitrogens is 4. The number of morpholine rings is 1. The smallest absolute Gasteiger partial charge is 0.258 e. The fraction of sp³-hybridized carbons (Fsp3) is 0.280. The van der Waals surface area contributed by atoms with Crippen molar-refractivity contribution in [3.05, 3.63) is 69.6 Å². The number of carbonyl (C=O) groups excluding carboxylic acids is 1. The molecule has 0 saturated carbocycles. The van der Waals surface area contributed by atoms with Gasteiger partial charge in [0.1, 0.15) is 16.2 Å². The molecule has 1 aromatic carbocycles. The Bertz CT molecular complexity index is 1660. The third-order valence-electron chi connectivity index (χ3n) is 6.39. The molecule has 1 N–H and O–H groups in total. The second kappa shape index (κ2) is 8.47. The number of ether oxygens (including phenoxy) is 1. The Morgan fingerprint density at radius 3 is 2.74 bits per heavy atom. The zero-order chi connectivity index (χ0) is 24.1. The Labute approximate surface area is 204 Å². The highest BCUT2D eigenvalue weighted by molar-refractivity contribution is 7.24. The van der Waals surface area contributed by atoms with Gasteiger partial charge < -0.3 is 15.0 Å². The third-order valence-corrected chi connectivity index (χ3v) is 7.54. The van der Waals surface area contributed by atoms with Crippen molar-refractivity contribution in [2.45, 2.75) is 13.5 Å². The topological polar surface area (TPSA) is 93.8 Å². The van der Waals surface area contributed by atoms with Crippen LogP contribution in [0.15, 0.2) is 47.4 Å². The van der Waals surface area contributed by atoms with Gasteiger partial charge in [0, 0.05) is 38.4 Å². The van der Waals surface area contributed by atoms with Crippen molar-refractivity contribution in [2.75, 3.05) is 31.2 Å².